The molecule has 4 aromatic rings. The third-order valence-corrected chi connectivity index (χ3v) is 5.51. The number of imidazole rings is 1. The summed E-state index contributed by atoms with van der Waals surface area (Å²) in [7, 11) is 0. The van der Waals surface area contributed by atoms with Crippen molar-refractivity contribution in [2.24, 2.45) is 0 Å². The van der Waals surface area contributed by atoms with Crippen molar-refractivity contribution >= 4 is 44.8 Å². The second kappa shape index (κ2) is 8.46. The summed E-state index contributed by atoms with van der Waals surface area (Å²) in [6.07, 6.45) is -2.26. The van der Waals surface area contributed by atoms with Gasteiger partial charge in [0.05, 0.1) is 25.7 Å². The zero-order valence-corrected chi connectivity index (χ0v) is 20.0. The fraction of sp³-hybridized carbons (Fsp3) is 0.250. The van der Waals surface area contributed by atoms with Crippen molar-refractivity contribution < 1.29 is 27.5 Å². The van der Waals surface area contributed by atoms with Gasteiger partial charge in [0.1, 0.15) is 18.1 Å². The van der Waals surface area contributed by atoms with Crippen LogP contribution in [0.4, 0.5) is 13.2 Å². The molecule has 0 bridgehead atoms. The molecule has 0 saturated carbocycles. The predicted molar refractivity (Wildman–Crippen MR) is 118 cm³/mol. The first-order valence-corrected chi connectivity index (χ1v) is 10.8. The summed E-state index contributed by atoms with van der Waals surface area (Å²) in [6.45, 7) is 3.16. The lowest BCUT2D eigenvalue weighted by atomic mass is 10.1. The Labute approximate surface area is 203 Å². The topological polar surface area (TPSA) is 85.7 Å². The van der Waals surface area contributed by atoms with E-state index in [-0.39, 0.29) is 49.9 Å². The maximum atomic E-state index is 13.1. The molecule has 0 atom stereocenters. The average Bonchev–Trinajstić information content (AvgIpc) is 3.34. The summed E-state index contributed by atoms with van der Waals surface area (Å²) >= 11 is 15.7. The van der Waals surface area contributed by atoms with Crippen molar-refractivity contribution in [2.75, 3.05) is 6.61 Å². The first-order valence-electron chi connectivity index (χ1n) is 9.26. The third-order valence-electron chi connectivity index (χ3n) is 4.32. The molecule has 33 heavy (non-hydrogen) atoms. The smallest absolute Gasteiger partial charge is 0.417 e. The molecule has 0 radical (unpaired) electrons. The molecule has 7 nitrogen and oxygen atoms in total. The minimum atomic E-state index is -4.52. The van der Waals surface area contributed by atoms with Crippen molar-refractivity contribution in [2.45, 2.75) is 25.6 Å². The van der Waals surface area contributed by atoms with Crippen LogP contribution in [-0.4, -0.2) is 36.8 Å². The van der Waals surface area contributed by atoms with Gasteiger partial charge in [-0.3, -0.25) is 0 Å². The van der Waals surface area contributed by atoms with Crippen LogP contribution < -0.4 is 4.74 Å². The van der Waals surface area contributed by atoms with Crippen molar-refractivity contribution in [1.29, 1.82) is 0 Å². The van der Waals surface area contributed by atoms with Gasteiger partial charge in [-0.1, -0.05) is 28.4 Å². The molecule has 4 rings (SSSR count). The number of hydrogen-bond acceptors (Lipinski definition) is 6. The zero-order chi connectivity index (χ0) is 24.1. The third kappa shape index (κ3) is 5.11. The number of aliphatic hydroxyl groups is 1. The van der Waals surface area contributed by atoms with Gasteiger partial charge in [-0.25, -0.2) is 4.98 Å². The summed E-state index contributed by atoms with van der Waals surface area (Å²) < 4.78 is 51.4. The van der Waals surface area contributed by atoms with Gasteiger partial charge in [-0.05, 0) is 41.9 Å². The maximum Gasteiger partial charge on any atom is 0.417 e. The van der Waals surface area contributed by atoms with E-state index in [1.807, 2.05) is 0 Å². The fourth-order valence-electron chi connectivity index (χ4n) is 2.82. The van der Waals surface area contributed by atoms with E-state index in [2.05, 4.69) is 31.1 Å². The van der Waals surface area contributed by atoms with Crippen LogP contribution in [0.1, 0.15) is 19.4 Å². The van der Waals surface area contributed by atoms with Gasteiger partial charge in [0.2, 0.25) is 5.82 Å². The van der Waals surface area contributed by atoms with E-state index in [0.717, 1.165) is 12.3 Å². The Kier molecular flexibility index (Phi) is 6.10. The van der Waals surface area contributed by atoms with E-state index in [0.29, 0.717) is 5.56 Å². The molecule has 0 spiro atoms. The van der Waals surface area contributed by atoms with Crippen LogP contribution in [0.3, 0.4) is 0 Å². The first-order chi connectivity index (χ1) is 15.3. The lowest BCUT2D eigenvalue weighted by Crippen LogP contribution is -2.27. The molecule has 1 aromatic carbocycles. The molecule has 3 heterocycles. The molecule has 0 aliphatic rings. The van der Waals surface area contributed by atoms with Gasteiger partial charge < -0.3 is 18.8 Å². The highest BCUT2D eigenvalue weighted by molar-refractivity contribution is 9.10. The van der Waals surface area contributed by atoms with Gasteiger partial charge in [0, 0.05) is 24.0 Å². The normalized spacial score (nSPS) is 12.5. The number of fused-ring (bicyclic) bond motifs is 1. The SMILES string of the molecule is CC(C)(O)COc1cc(Cl)c(-c2noc(-c3cn4cc(C(F)(F)F)cc(Br)c4n3)n2)cc1Cl. The van der Waals surface area contributed by atoms with E-state index in [1.165, 1.54) is 22.7 Å². The van der Waals surface area contributed by atoms with Gasteiger partial charge in [0.25, 0.3) is 5.89 Å². The van der Waals surface area contributed by atoms with Crippen LogP contribution in [0.5, 0.6) is 5.75 Å². The first kappa shape index (κ1) is 23.8. The number of nitrogens with zero attached hydrogens (tertiary/aromatic N) is 4. The highest BCUT2D eigenvalue weighted by atomic mass is 79.9. The van der Waals surface area contributed by atoms with Crippen molar-refractivity contribution in [1.82, 2.24) is 19.5 Å². The Morgan fingerprint density at radius 3 is 2.52 bits per heavy atom. The molecule has 0 fully saturated rings. The van der Waals surface area contributed by atoms with E-state index in [4.69, 9.17) is 32.5 Å². The molecule has 0 unspecified atom stereocenters. The van der Waals surface area contributed by atoms with Crippen molar-refractivity contribution in [3.63, 3.8) is 0 Å². The van der Waals surface area contributed by atoms with E-state index < -0.39 is 17.3 Å². The Morgan fingerprint density at radius 1 is 1.12 bits per heavy atom. The predicted octanol–water partition coefficient (Wildman–Crippen LogP) is 6.29. The summed E-state index contributed by atoms with van der Waals surface area (Å²) in [5, 5.41) is 14.1. The van der Waals surface area contributed by atoms with E-state index in [9.17, 15) is 18.3 Å². The quantitative estimate of drug-likeness (QED) is 0.306. The highest BCUT2D eigenvalue weighted by Crippen LogP contribution is 2.37. The number of alkyl halides is 3. The molecule has 13 heteroatoms. The molecule has 0 aliphatic heterocycles. The fourth-order valence-corrected chi connectivity index (χ4v) is 3.81. The number of pyridine rings is 1. The molecule has 0 amide bonds. The Balaban J connectivity index is 1.66. The number of benzene rings is 1. The number of rotatable bonds is 5. The lowest BCUT2D eigenvalue weighted by molar-refractivity contribution is -0.137. The standard InChI is InChI=1S/C20H14BrCl2F3N4O3/c1-19(2,31)8-32-15-5-12(22)10(4-13(15)23)16-28-18(33-29-16)14-7-30-6-9(20(24,25)26)3-11(21)17(30)27-14/h3-7,31H,8H2,1-2H3. The molecule has 0 aliphatic carbocycles. The Bertz CT molecular complexity index is 1350. The van der Waals surface area contributed by atoms with Crippen molar-refractivity contribution in [3.05, 3.63) is 50.7 Å². The minimum Gasteiger partial charge on any atom is -0.489 e. The summed E-state index contributed by atoms with van der Waals surface area (Å²) in [4.78, 5) is 8.51. The van der Waals surface area contributed by atoms with E-state index >= 15 is 0 Å². The number of ether oxygens (including phenoxy) is 1. The zero-order valence-electron chi connectivity index (χ0n) is 16.9. The van der Waals surface area contributed by atoms with Crippen LogP contribution >= 0.6 is 39.1 Å². The van der Waals surface area contributed by atoms with Gasteiger partial charge in [-0.2, -0.15) is 18.2 Å². The molecular formula is C20H14BrCl2F3N4O3. The molecule has 0 saturated heterocycles. The lowest BCUT2D eigenvalue weighted by Gasteiger charge is -2.18. The summed E-state index contributed by atoms with van der Waals surface area (Å²) in [5.74, 6) is 0.337. The monoisotopic (exact) mass is 564 g/mol. The Morgan fingerprint density at radius 2 is 1.85 bits per heavy atom. The van der Waals surface area contributed by atoms with Crippen LogP contribution in [-0.2, 0) is 6.18 Å². The molecular weight excluding hydrogens is 552 g/mol. The molecule has 1 N–H and O–H groups in total. The van der Waals surface area contributed by atoms with Crippen LogP contribution in [0, 0.1) is 0 Å². The van der Waals surface area contributed by atoms with Crippen molar-refractivity contribution in [3.8, 4) is 28.7 Å². The highest BCUT2D eigenvalue weighted by Gasteiger charge is 2.32. The largest absolute Gasteiger partial charge is 0.489 e. The molecule has 174 valence electrons. The van der Waals surface area contributed by atoms with Crippen LogP contribution in [0.2, 0.25) is 10.0 Å². The number of hydrogen-bond donors (Lipinski definition) is 1. The second-order valence-electron chi connectivity index (χ2n) is 7.72. The number of aromatic nitrogens is 4. The minimum absolute atomic E-state index is 0.00570. The van der Waals surface area contributed by atoms with Gasteiger partial charge in [-0.15, -0.1) is 0 Å². The number of halogens is 6. The molecule has 3 aromatic heterocycles. The van der Waals surface area contributed by atoms with Crippen LogP contribution in [0.25, 0.3) is 28.6 Å². The average molecular weight is 566 g/mol. The summed E-state index contributed by atoms with van der Waals surface area (Å²) in [6, 6.07) is 3.88. The Hall–Kier alpha value is -2.34. The van der Waals surface area contributed by atoms with Crippen LogP contribution in [0.15, 0.2) is 39.6 Å². The van der Waals surface area contributed by atoms with Gasteiger partial charge in [0.15, 0.2) is 5.65 Å². The van der Waals surface area contributed by atoms with Gasteiger partial charge >= 0.3 is 6.18 Å². The summed E-state index contributed by atoms with van der Waals surface area (Å²) in [5.41, 5.74) is -1.16. The van der Waals surface area contributed by atoms with E-state index in [1.54, 1.807) is 13.8 Å². The second-order valence-corrected chi connectivity index (χ2v) is 9.39. The maximum absolute atomic E-state index is 13.1.